The van der Waals surface area contributed by atoms with Crippen LogP contribution >= 0.6 is 0 Å². The van der Waals surface area contributed by atoms with E-state index in [1.165, 1.54) is 6.20 Å². The van der Waals surface area contributed by atoms with Crippen molar-refractivity contribution >= 4 is 28.4 Å². The molecule has 0 atom stereocenters. The minimum Gasteiger partial charge on any atom is -0.378 e. The van der Waals surface area contributed by atoms with Crippen LogP contribution in [0.25, 0.3) is 11.2 Å². The summed E-state index contributed by atoms with van der Waals surface area (Å²) in [5.74, 6) is -0.198. The maximum atomic E-state index is 12.2. The molecule has 0 fully saturated rings. The lowest BCUT2D eigenvalue weighted by atomic mass is 10.2. The highest BCUT2D eigenvalue weighted by atomic mass is 16.1. The third kappa shape index (κ3) is 2.69. The number of fused-ring (bicyclic) bond motifs is 1. The molecule has 6 nitrogen and oxygen atoms in total. The lowest BCUT2D eigenvalue weighted by molar-refractivity contribution is 0.102. The number of hydrogen-bond acceptors (Lipinski definition) is 4. The summed E-state index contributed by atoms with van der Waals surface area (Å²) in [5, 5.41) is 2.85. The van der Waals surface area contributed by atoms with E-state index in [9.17, 15) is 4.79 Å². The molecule has 2 heterocycles. The summed E-state index contributed by atoms with van der Waals surface area (Å²) in [6.45, 7) is 0. The number of nitrogens with one attached hydrogen (secondary N) is 2. The Labute approximate surface area is 121 Å². The number of rotatable bonds is 3. The molecule has 0 radical (unpaired) electrons. The summed E-state index contributed by atoms with van der Waals surface area (Å²) >= 11 is 0. The van der Waals surface area contributed by atoms with Crippen LogP contribution in [-0.2, 0) is 0 Å². The first-order chi connectivity index (χ1) is 10.1. The summed E-state index contributed by atoms with van der Waals surface area (Å²) < 4.78 is 0. The summed E-state index contributed by atoms with van der Waals surface area (Å²) in [6.07, 6.45) is 3.08. The van der Waals surface area contributed by atoms with Crippen LogP contribution in [0.5, 0.6) is 0 Å². The highest BCUT2D eigenvalue weighted by molar-refractivity contribution is 6.05. The minimum atomic E-state index is -0.198. The van der Waals surface area contributed by atoms with Gasteiger partial charge in [0, 0.05) is 31.7 Å². The Bertz CT molecular complexity index is 776. The molecular formula is C15H15N5O. The molecule has 1 aromatic carbocycles. The average Bonchev–Trinajstić information content (AvgIpc) is 2.95. The zero-order valence-electron chi connectivity index (χ0n) is 11.8. The van der Waals surface area contributed by atoms with E-state index in [-0.39, 0.29) is 5.91 Å². The third-order valence-electron chi connectivity index (χ3n) is 3.18. The molecule has 0 spiro atoms. The number of imidazole rings is 1. The van der Waals surface area contributed by atoms with Crippen molar-refractivity contribution in [1.82, 2.24) is 15.0 Å². The van der Waals surface area contributed by atoms with Crippen LogP contribution < -0.4 is 10.2 Å². The van der Waals surface area contributed by atoms with Gasteiger partial charge in [0.2, 0.25) is 0 Å². The molecule has 0 aliphatic rings. The van der Waals surface area contributed by atoms with E-state index in [4.69, 9.17) is 0 Å². The van der Waals surface area contributed by atoms with Crippen molar-refractivity contribution in [2.24, 2.45) is 0 Å². The van der Waals surface area contributed by atoms with Crippen LogP contribution in [0.4, 0.5) is 11.4 Å². The molecule has 0 aliphatic carbocycles. The fourth-order valence-corrected chi connectivity index (χ4v) is 2.00. The number of pyridine rings is 1. The molecular weight excluding hydrogens is 266 g/mol. The lowest BCUT2D eigenvalue weighted by Crippen LogP contribution is -2.13. The fraction of sp³-hybridized carbons (Fsp3) is 0.133. The third-order valence-corrected chi connectivity index (χ3v) is 3.18. The monoisotopic (exact) mass is 281 g/mol. The normalized spacial score (nSPS) is 10.6. The second-order valence-electron chi connectivity index (χ2n) is 4.89. The molecule has 0 aliphatic heterocycles. The molecule has 0 bridgehead atoms. The average molecular weight is 281 g/mol. The molecule has 0 unspecified atom stereocenters. The number of nitrogens with zero attached hydrogens (tertiary/aromatic N) is 3. The van der Waals surface area contributed by atoms with Crippen molar-refractivity contribution in [1.29, 1.82) is 0 Å². The van der Waals surface area contributed by atoms with Gasteiger partial charge in [-0.05, 0) is 30.3 Å². The van der Waals surface area contributed by atoms with E-state index in [0.717, 1.165) is 16.9 Å². The summed E-state index contributed by atoms with van der Waals surface area (Å²) in [5.41, 5.74) is 3.65. The van der Waals surface area contributed by atoms with Gasteiger partial charge < -0.3 is 15.2 Å². The maximum Gasteiger partial charge on any atom is 0.257 e. The van der Waals surface area contributed by atoms with Crippen LogP contribution in [0.15, 0.2) is 42.9 Å². The number of H-pyrrole nitrogens is 1. The Balaban J connectivity index is 1.78. The zero-order valence-corrected chi connectivity index (χ0v) is 11.8. The van der Waals surface area contributed by atoms with Gasteiger partial charge in [-0.25, -0.2) is 9.97 Å². The Morgan fingerprint density at radius 1 is 1.19 bits per heavy atom. The van der Waals surface area contributed by atoms with Gasteiger partial charge in [0.05, 0.1) is 17.4 Å². The summed E-state index contributed by atoms with van der Waals surface area (Å²) in [6, 6.07) is 9.38. The Kier molecular flexibility index (Phi) is 3.27. The van der Waals surface area contributed by atoms with Gasteiger partial charge in [-0.3, -0.25) is 4.79 Å². The maximum absolute atomic E-state index is 12.2. The van der Waals surface area contributed by atoms with Gasteiger partial charge in [-0.1, -0.05) is 0 Å². The standard InChI is InChI=1S/C15H15N5O/c1-20(2)12-5-3-11(4-6-12)19-15(21)10-7-13-14(16-8-10)18-9-17-13/h3-9H,1-2H3,(H,19,21)(H,16,17,18). The van der Waals surface area contributed by atoms with Gasteiger partial charge >= 0.3 is 0 Å². The largest absolute Gasteiger partial charge is 0.378 e. The van der Waals surface area contributed by atoms with Gasteiger partial charge in [-0.2, -0.15) is 0 Å². The van der Waals surface area contributed by atoms with Crippen molar-refractivity contribution in [2.75, 3.05) is 24.3 Å². The number of carbonyl (C=O) groups excluding carboxylic acids is 1. The van der Waals surface area contributed by atoms with E-state index < -0.39 is 0 Å². The second-order valence-corrected chi connectivity index (χ2v) is 4.89. The SMILES string of the molecule is CN(C)c1ccc(NC(=O)c2cnc3nc[nH]c3c2)cc1. The number of anilines is 2. The molecule has 106 valence electrons. The molecule has 3 rings (SSSR count). The first kappa shape index (κ1) is 13.1. The molecule has 2 aromatic heterocycles. The molecule has 3 aromatic rings. The van der Waals surface area contributed by atoms with Gasteiger partial charge in [-0.15, -0.1) is 0 Å². The van der Waals surface area contributed by atoms with Crippen LogP contribution in [0.2, 0.25) is 0 Å². The summed E-state index contributed by atoms with van der Waals surface area (Å²) in [4.78, 5) is 25.3. The van der Waals surface area contributed by atoms with Crippen molar-refractivity contribution in [2.45, 2.75) is 0 Å². The Hall–Kier alpha value is -2.89. The highest BCUT2D eigenvalue weighted by Gasteiger charge is 2.09. The van der Waals surface area contributed by atoms with E-state index in [1.54, 1.807) is 12.4 Å². The van der Waals surface area contributed by atoms with Crippen LogP contribution in [0.1, 0.15) is 10.4 Å². The smallest absolute Gasteiger partial charge is 0.257 e. The van der Waals surface area contributed by atoms with E-state index in [0.29, 0.717) is 11.2 Å². The van der Waals surface area contributed by atoms with E-state index in [2.05, 4.69) is 20.3 Å². The topological polar surface area (TPSA) is 73.9 Å². The molecule has 6 heteroatoms. The molecule has 1 amide bonds. The Morgan fingerprint density at radius 3 is 2.67 bits per heavy atom. The number of amides is 1. The van der Waals surface area contributed by atoms with E-state index in [1.807, 2.05) is 43.3 Å². The van der Waals surface area contributed by atoms with Crippen LogP contribution in [-0.4, -0.2) is 35.0 Å². The second kappa shape index (κ2) is 5.24. The Morgan fingerprint density at radius 2 is 1.95 bits per heavy atom. The number of aromatic nitrogens is 3. The fourth-order valence-electron chi connectivity index (χ4n) is 2.00. The predicted molar refractivity (Wildman–Crippen MR) is 82.6 cm³/mol. The van der Waals surface area contributed by atoms with Crippen LogP contribution in [0.3, 0.4) is 0 Å². The first-order valence-electron chi connectivity index (χ1n) is 6.51. The lowest BCUT2D eigenvalue weighted by Gasteiger charge is -2.13. The number of aromatic amines is 1. The number of benzene rings is 1. The molecule has 0 saturated heterocycles. The minimum absolute atomic E-state index is 0.198. The van der Waals surface area contributed by atoms with Crippen LogP contribution in [0, 0.1) is 0 Å². The highest BCUT2D eigenvalue weighted by Crippen LogP contribution is 2.17. The van der Waals surface area contributed by atoms with Gasteiger partial charge in [0.1, 0.15) is 0 Å². The molecule has 2 N–H and O–H groups in total. The van der Waals surface area contributed by atoms with Crippen molar-refractivity contribution in [3.05, 3.63) is 48.4 Å². The zero-order chi connectivity index (χ0) is 14.8. The molecule has 21 heavy (non-hydrogen) atoms. The van der Waals surface area contributed by atoms with Crippen molar-refractivity contribution in [3.63, 3.8) is 0 Å². The number of hydrogen-bond donors (Lipinski definition) is 2. The quantitative estimate of drug-likeness (QED) is 0.772. The van der Waals surface area contributed by atoms with Crippen molar-refractivity contribution < 1.29 is 4.79 Å². The summed E-state index contributed by atoms with van der Waals surface area (Å²) in [7, 11) is 3.94. The van der Waals surface area contributed by atoms with Crippen molar-refractivity contribution in [3.8, 4) is 0 Å². The molecule has 0 saturated carbocycles. The number of carbonyl (C=O) groups is 1. The predicted octanol–water partition coefficient (Wildman–Crippen LogP) is 2.28. The first-order valence-corrected chi connectivity index (χ1v) is 6.51. The van der Waals surface area contributed by atoms with E-state index >= 15 is 0 Å². The van der Waals surface area contributed by atoms with Gasteiger partial charge in [0.25, 0.3) is 5.91 Å². The van der Waals surface area contributed by atoms with Gasteiger partial charge in [0.15, 0.2) is 5.65 Å².